The normalized spacial score (nSPS) is 19.6. The Morgan fingerprint density at radius 2 is 2.18 bits per heavy atom. The number of methoxy groups -OCH3 is 1. The van der Waals surface area contributed by atoms with Gasteiger partial charge in [-0.3, -0.25) is 4.99 Å². The molecule has 0 fully saturated rings. The van der Waals surface area contributed by atoms with E-state index >= 15 is 0 Å². The minimum atomic E-state index is 0.483. The Kier molecular flexibility index (Phi) is 4.31. The Morgan fingerprint density at radius 1 is 1.41 bits per heavy atom. The topological polar surface area (TPSA) is 33.6 Å². The summed E-state index contributed by atoms with van der Waals surface area (Å²) in [5.74, 6) is 2.03. The number of amidine groups is 1. The summed E-state index contributed by atoms with van der Waals surface area (Å²) in [6.45, 7) is 2.19. The number of thioether (sulfide) groups is 1. The third-order valence-electron chi connectivity index (χ3n) is 2.80. The van der Waals surface area contributed by atoms with Crippen molar-refractivity contribution in [1.29, 1.82) is 0 Å². The zero-order chi connectivity index (χ0) is 12.1. The lowest BCUT2D eigenvalue weighted by molar-refractivity contribution is 0.415. The second kappa shape index (κ2) is 5.96. The Bertz CT molecular complexity index is 389. The molecule has 1 N–H and O–H groups in total. The van der Waals surface area contributed by atoms with Crippen molar-refractivity contribution in [1.82, 2.24) is 0 Å². The largest absolute Gasteiger partial charge is 0.497 e. The van der Waals surface area contributed by atoms with Crippen molar-refractivity contribution in [3.63, 3.8) is 0 Å². The number of benzene rings is 1. The Balaban J connectivity index is 2.02. The van der Waals surface area contributed by atoms with Crippen LogP contribution >= 0.6 is 11.8 Å². The van der Waals surface area contributed by atoms with E-state index in [1.807, 2.05) is 24.3 Å². The second-order valence-corrected chi connectivity index (χ2v) is 5.07. The number of hydrogen-bond acceptors (Lipinski definition) is 4. The Hall–Kier alpha value is -1.16. The van der Waals surface area contributed by atoms with Crippen molar-refractivity contribution in [2.24, 2.45) is 4.99 Å². The number of hydrogen-bond donors (Lipinski definition) is 1. The average molecular weight is 250 g/mol. The summed E-state index contributed by atoms with van der Waals surface area (Å²) in [7, 11) is 1.68. The van der Waals surface area contributed by atoms with E-state index in [-0.39, 0.29) is 0 Å². The predicted octanol–water partition coefficient (Wildman–Crippen LogP) is 3.38. The molecule has 1 heterocycles. The number of nitrogens with zero attached hydrogens (tertiary/aromatic N) is 1. The van der Waals surface area contributed by atoms with Gasteiger partial charge in [0.05, 0.1) is 13.2 Å². The van der Waals surface area contributed by atoms with Gasteiger partial charge in [0, 0.05) is 11.4 Å². The van der Waals surface area contributed by atoms with Crippen LogP contribution in [0.4, 0.5) is 5.69 Å². The summed E-state index contributed by atoms with van der Waals surface area (Å²) in [5.41, 5.74) is 1.06. The highest BCUT2D eigenvalue weighted by Crippen LogP contribution is 2.22. The maximum absolute atomic E-state index is 5.13. The molecule has 0 saturated heterocycles. The molecule has 0 saturated carbocycles. The quantitative estimate of drug-likeness (QED) is 0.893. The van der Waals surface area contributed by atoms with Crippen LogP contribution in [-0.2, 0) is 0 Å². The monoisotopic (exact) mass is 250 g/mol. The summed E-state index contributed by atoms with van der Waals surface area (Å²) in [4.78, 5) is 4.68. The van der Waals surface area contributed by atoms with Gasteiger partial charge in [0.25, 0.3) is 0 Å². The molecule has 1 aliphatic rings. The van der Waals surface area contributed by atoms with Gasteiger partial charge < -0.3 is 10.1 Å². The molecule has 0 aromatic heterocycles. The highest BCUT2D eigenvalue weighted by Gasteiger charge is 2.13. The van der Waals surface area contributed by atoms with Gasteiger partial charge >= 0.3 is 0 Å². The van der Waals surface area contributed by atoms with E-state index in [4.69, 9.17) is 4.74 Å². The van der Waals surface area contributed by atoms with Gasteiger partial charge in [0.2, 0.25) is 0 Å². The highest BCUT2D eigenvalue weighted by molar-refractivity contribution is 8.14. The molecule has 3 nitrogen and oxygen atoms in total. The molecule has 1 unspecified atom stereocenters. The molecular formula is C13H18N2OS. The van der Waals surface area contributed by atoms with Crippen LogP contribution in [0, 0.1) is 0 Å². The van der Waals surface area contributed by atoms with Crippen molar-refractivity contribution in [3.8, 4) is 5.75 Å². The minimum Gasteiger partial charge on any atom is -0.497 e. The third-order valence-corrected chi connectivity index (χ3v) is 3.72. The van der Waals surface area contributed by atoms with Gasteiger partial charge in [0.1, 0.15) is 5.75 Å². The fourth-order valence-corrected chi connectivity index (χ4v) is 2.72. The number of aliphatic imine (C=N–C) groups is 1. The SMILES string of the molecule is CCC1CCSC(Nc2ccc(OC)cc2)=N1. The van der Waals surface area contributed by atoms with E-state index in [9.17, 15) is 0 Å². The fourth-order valence-electron chi connectivity index (χ4n) is 1.72. The molecular weight excluding hydrogens is 232 g/mol. The molecule has 0 radical (unpaired) electrons. The lowest BCUT2D eigenvalue weighted by atomic mass is 10.2. The van der Waals surface area contributed by atoms with E-state index in [2.05, 4.69) is 17.2 Å². The van der Waals surface area contributed by atoms with Gasteiger partial charge in [-0.05, 0) is 37.1 Å². The van der Waals surface area contributed by atoms with Crippen LogP contribution in [0.15, 0.2) is 29.3 Å². The summed E-state index contributed by atoms with van der Waals surface area (Å²) < 4.78 is 5.13. The molecule has 0 amide bonds. The lowest BCUT2D eigenvalue weighted by Crippen LogP contribution is -2.19. The second-order valence-electron chi connectivity index (χ2n) is 3.99. The molecule has 0 bridgehead atoms. The van der Waals surface area contributed by atoms with Crippen LogP contribution in [0.3, 0.4) is 0 Å². The van der Waals surface area contributed by atoms with E-state index in [1.165, 1.54) is 6.42 Å². The molecule has 0 spiro atoms. The molecule has 1 aliphatic heterocycles. The maximum Gasteiger partial charge on any atom is 0.161 e. The van der Waals surface area contributed by atoms with Gasteiger partial charge in [0.15, 0.2) is 5.17 Å². The molecule has 1 aromatic rings. The lowest BCUT2D eigenvalue weighted by Gasteiger charge is -2.19. The van der Waals surface area contributed by atoms with Crippen LogP contribution in [0.25, 0.3) is 0 Å². The van der Waals surface area contributed by atoms with Gasteiger partial charge in [-0.15, -0.1) is 0 Å². The molecule has 17 heavy (non-hydrogen) atoms. The number of rotatable bonds is 3. The van der Waals surface area contributed by atoms with Crippen molar-refractivity contribution >= 4 is 22.6 Å². The van der Waals surface area contributed by atoms with Crippen LogP contribution in [-0.4, -0.2) is 24.1 Å². The minimum absolute atomic E-state index is 0.483. The van der Waals surface area contributed by atoms with E-state index in [1.54, 1.807) is 18.9 Å². The molecule has 0 aliphatic carbocycles. The van der Waals surface area contributed by atoms with Crippen molar-refractivity contribution in [2.45, 2.75) is 25.8 Å². The number of anilines is 1. The first-order valence-corrected chi connectivity index (χ1v) is 6.92. The third kappa shape index (κ3) is 3.40. The first-order chi connectivity index (χ1) is 8.31. The van der Waals surface area contributed by atoms with Crippen molar-refractivity contribution in [2.75, 3.05) is 18.2 Å². The van der Waals surface area contributed by atoms with Crippen molar-refractivity contribution < 1.29 is 4.74 Å². The average Bonchev–Trinajstić information content (AvgIpc) is 2.40. The zero-order valence-electron chi connectivity index (χ0n) is 10.3. The summed E-state index contributed by atoms with van der Waals surface area (Å²) >= 11 is 1.79. The fraction of sp³-hybridized carbons (Fsp3) is 0.462. The van der Waals surface area contributed by atoms with E-state index < -0.39 is 0 Å². The summed E-state index contributed by atoms with van der Waals surface area (Å²) in [6.07, 6.45) is 2.31. The van der Waals surface area contributed by atoms with Gasteiger partial charge in [-0.2, -0.15) is 0 Å². The smallest absolute Gasteiger partial charge is 0.161 e. The standard InChI is InChI=1S/C13H18N2OS/c1-3-10-8-9-17-13(14-10)15-11-4-6-12(16-2)7-5-11/h4-7,10H,3,8-9H2,1-2H3,(H,14,15). The Morgan fingerprint density at radius 3 is 2.82 bits per heavy atom. The van der Waals surface area contributed by atoms with E-state index in [0.29, 0.717) is 6.04 Å². The van der Waals surface area contributed by atoms with E-state index in [0.717, 1.165) is 28.8 Å². The van der Waals surface area contributed by atoms with Crippen molar-refractivity contribution in [3.05, 3.63) is 24.3 Å². The molecule has 1 aromatic carbocycles. The maximum atomic E-state index is 5.13. The molecule has 1 atom stereocenters. The summed E-state index contributed by atoms with van der Waals surface area (Å²) in [6, 6.07) is 8.41. The van der Waals surface area contributed by atoms with Crippen LogP contribution in [0.5, 0.6) is 5.75 Å². The first kappa shape index (κ1) is 12.3. The molecule has 2 rings (SSSR count). The number of ether oxygens (including phenoxy) is 1. The Labute approximate surface area is 107 Å². The molecule has 92 valence electrons. The van der Waals surface area contributed by atoms with Crippen LogP contribution in [0.1, 0.15) is 19.8 Å². The first-order valence-electron chi connectivity index (χ1n) is 5.93. The van der Waals surface area contributed by atoms with Gasteiger partial charge in [-0.1, -0.05) is 18.7 Å². The predicted molar refractivity (Wildman–Crippen MR) is 75.2 cm³/mol. The highest BCUT2D eigenvalue weighted by atomic mass is 32.2. The van der Waals surface area contributed by atoms with Crippen LogP contribution < -0.4 is 10.1 Å². The number of nitrogens with one attached hydrogen (secondary N) is 1. The summed E-state index contributed by atoms with van der Waals surface area (Å²) in [5, 5.41) is 4.39. The van der Waals surface area contributed by atoms with Gasteiger partial charge in [-0.25, -0.2) is 0 Å². The molecule has 4 heteroatoms. The van der Waals surface area contributed by atoms with Crippen LogP contribution in [0.2, 0.25) is 0 Å². The zero-order valence-corrected chi connectivity index (χ0v) is 11.1.